The molecule has 5 nitrogen and oxygen atoms in total. The van der Waals surface area contributed by atoms with Crippen molar-refractivity contribution in [2.45, 2.75) is 32.0 Å². The molecule has 1 fully saturated rings. The summed E-state index contributed by atoms with van der Waals surface area (Å²) in [6.07, 6.45) is -3.70. The van der Waals surface area contributed by atoms with Gasteiger partial charge in [0.15, 0.2) is 0 Å². The van der Waals surface area contributed by atoms with Gasteiger partial charge >= 0.3 is 6.18 Å². The zero-order valence-electron chi connectivity index (χ0n) is 12.6. The van der Waals surface area contributed by atoms with Crippen molar-refractivity contribution in [2.75, 3.05) is 23.7 Å². The minimum absolute atomic E-state index is 0.0840. The first-order chi connectivity index (χ1) is 10.8. The summed E-state index contributed by atoms with van der Waals surface area (Å²) in [7, 11) is 0. The monoisotopic (exact) mass is 329 g/mol. The fourth-order valence-corrected chi connectivity index (χ4v) is 2.35. The Morgan fingerprint density at radius 2 is 1.87 bits per heavy atom. The van der Waals surface area contributed by atoms with Gasteiger partial charge in [-0.1, -0.05) is 6.92 Å². The number of anilines is 2. The molecule has 0 saturated carbocycles. The average molecular weight is 329 g/mol. The number of hydrogen-bond acceptors (Lipinski definition) is 3. The lowest BCUT2D eigenvalue weighted by atomic mass is 10.2. The van der Waals surface area contributed by atoms with Gasteiger partial charge in [-0.25, -0.2) is 0 Å². The van der Waals surface area contributed by atoms with Crippen LogP contribution >= 0.6 is 0 Å². The average Bonchev–Trinajstić information content (AvgIpc) is 2.80. The summed E-state index contributed by atoms with van der Waals surface area (Å²) >= 11 is 0. The van der Waals surface area contributed by atoms with Gasteiger partial charge in [-0.2, -0.15) is 13.2 Å². The summed E-state index contributed by atoms with van der Waals surface area (Å²) < 4.78 is 37.1. The summed E-state index contributed by atoms with van der Waals surface area (Å²) in [6, 6.07) is 6.02. The maximum Gasteiger partial charge on any atom is 0.406 e. The molecule has 1 aromatic carbocycles. The van der Waals surface area contributed by atoms with Crippen LogP contribution in [0.5, 0.6) is 0 Å². The number of hydrogen-bond donors (Lipinski definition) is 2. The Bertz CT molecular complexity index is 572. The van der Waals surface area contributed by atoms with Gasteiger partial charge in [0.1, 0.15) is 12.6 Å². The number of rotatable bonds is 5. The van der Waals surface area contributed by atoms with Crippen LogP contribution in [0.4, 0.5) is 24.5 Å². The number of nitrogens with one attached hydrogen (secondary N) is 2. The zero-order valence-corrected chi connectivity index (χ0v) is 12.6. The van der Waals surface area contributed by atoms with Crippen LogP contribution in [0.15, 0.2) is 24.3 Å². The van der Waals surface area contributed by atoms with Gasteiger partial charge in [0, 0.05) is 24.3 Å². The summed E-state index contributed by atoms with van der Waals surface area (Å²) in [5.41, 5.74) is 1.24. The van der Waals surface area contributed by atoms with E-state index >= 15 is 0 Å². The molecule has 0 spiro atoms. The normalized spacial score (nSPS) is 18.2. The predicted octanol–water partition coefficient (Wildman–Crippen LogP) is 2.61. The van der Waals surface area contributed by atoms with E-state index in [4.69, 9.17) is 0 Å². The summed E-state index contributed by atoms with van der Waals surface area (Å²) in [5, 5.41) is 5.62. The van der Waals surface area contributed by atoms with E-state index in [9.17, 15) is 22.8 Å². The third kappa shape index (κ3) is 4.87. The van der Waals surface area contributed by atoms with E-state index in [0.717, 1.165) is 4.90 Å². The molecule has 0 aromatic heterocycles. The fraction of sp³-hybridized carbons (Fsp3) is 0.467. The van der Waals surface area contributed by atoms with Crippen molar-refractivity contribution in [1.82, 2.24) is 4.90 Å². The van der Waals surface area contributed by atoms with Crippen molar-refractivity contribution in [3.8, 4) is 0 Å². The van der Waals surface area contributed by atoms with Gasteiger partial charge in [0.25, 0.3) is 0 Å². The highest BCUT2D eigenvalue weighted by atomic mass is 19.4. The van der Waals surface area contributed by atoms with Crippen LogP contribution in [0.1, 0.15) is 19.8 Å². The molecule has 1 heterocycles. The molecule has 0 bridgehead atoms. The lowest BCUT2D eigenvalue weighted by Gasteiger charge is -2.19. The van der Waals surface area contributed by atoms with Gasteiger partial charge in [-0.15, -0.1) is 0 Å². The second-order valence-corrected chi connectivity index (χ2v) is 5.34. The highest BCUT2D eigenvalue weighted by Gasteiger charge is 2.39. The van der Waals surface area contributed by atoms with Crippen molar-refractivity contribution in [3.63, 3.8) is 0 Å². The highest BCUT2D eigenvalue weighted by molar-refractivity contribution is 5.91. The van der Waals surface area contributed by atoms with Crippen LogP contribution in [0.3, 0.4) is 0 Å². The minimum atomic E-state index is -4.39. The van der Waals surface area contributed by atoms with Gasteiger partial charge < -0.3 is 15.5 Å². The van der Waals surface area contributed by atoms with Crippen LogP contribution in [-0.2, 0) is 9.59 Å². The molecule has 1 saturated heterocycles. The topological polar surface area (TPSA) is 61.4 Å². The molecule has 1 aliphatic heterocycles. The number of halogens is 3. The Kier molecular flexibility index (Phi) is 5.12. The molecular weight excluding hydrogens is 311 g/mol. The van der Waals surface area contributed by atoms with Gasteiger partial charge in [0.05, 0.1) is 0 Å². The maximum absolute atomic E-state index is 12.4. The second-order valence-electron chi connectivity index (χ2n) is 5.34. The van der Waals surface area contributed by atoms with E-state index in [1.54, 1.807) is 31.2 Å². The van der Waals surface area contributed by atoms with Crippen molar-refractivity contribution < 1.29 is 22.8 Å². The first-order valence-electron chi connectivity index (χ1n) is 7.30. The number of amides is 2. The third-order valence-corrected chi connectivity index (χ3v) is 3.50. The van der Waals surface area contributed by atoms with Crippen LogP contribution < -0.4 is 10.6 Å². The van der Waals surface area contributed by atoms with Crippen molar-refractivity contribution >= 4 is 23.2 Å². The zero-order chi connectivity index (χ0) is 17.0. The van der Waals surface area contributed by atoms with E-state index in [1.165, 1.54) is 0 Å². The highest BCUT2D eigenvalue weighted by Crippen LogP contribution is 2.23. The first-order valence-corrected chi connectivity index (χ1v) is 7.30. The molecule has 1 aromatic rings. The summed E-state index contributed by atoms with van der Waals surface area (Å²) in [5.74, 6) is -0.662. The van der Waals surface area contributed by atoms with Gasteiger partial charge in [0.2, 0.25) is 11.8 Å². The molecule has 23 heavy (non-hydrogen) atoms. The smallest absolute Gasteiger partial charge is 0.374 e. The van der Waals surface area contributed by atoms with E-state index in [-0.39, 0.29) is 12.5 Å². The second kappa shape index (κ2) is 6.89. The Morgan fingerprint density at radius 1 is 1.26 bits per heavy atom. The van der Waals surface area contributed by atoms with E-state index in [1.807, 2.05) is 0 Å². The van der Waals surface area contributed by atoms with Crippen LogP contribution in [-0.4, -0.2) is 42.0 Å². The Labute approximate surface area is 131 Å². The van der Waals surface area contributed by atoms with Crippen molar-refractivity contribution in [2.24, 2.45) is 0 Å². The van der Waals surface area contributed by atoms with E-state index < -0.39 is 24.7 Å². The van der Waals surface area contributed by atoms with Crippen molar-refractivity contribution in [3.05, 3.63) is 24.3 Å². The number of carbonyl (C=O) groups excluding carboxylic acids is 2. The van der Waals surface area contributed by atoms with E-state index in [0.29, 0.717) is 24.2 Å². The maximum atomic E-state index is 12.4. The molecule has 0 unspecified atom stereocenters. The number of alkyl halides is 3. The molecule has 2 N–H and O–H groups in total. The van der Waals surface area contributed by atoms with E-state index in [2.05, 4.69) is 10.6 Å². The molecule has 1 atom stereocenters. The molecular formula is C15H18F3N3O2. The lowest BCUT2D eigenvalue weighted by Crippen LogP contribution is -2.39. The fourth-order valence-electron chi connectivity index (χ4n) is 2.35. The standard InChI is InChI=1S/C15H18F3N3O2/c1-2-13(22)20-11-5-3-10(4-6-11)19-12-7-8-21(14(12)23)9-15(16,17)18/h3-6,12,19H,2,7-9H2,1H3,(H,20,22)/t12-/m1/s1. The summed E-state index contributed by atoms with van der Waals surface area (Å²) in [6.45, 7) is 0.607. The molecule has 2 amide bonds. The predicted molar refractivity (Wildman–Crippen MR) is 80.0 cm³/mol. The molecule has 1 aliphatic rings. The third-order valence-electron chi connectivity index (χ3n) is 3.50. The van der Waals surface area contributed by atoms with Gasteiger partial charge in [-0.05, 0) is 30.7 Å². The number of benzene rings is 1. The lowest BCUT2D eigenvalue weighted by molar-refractivity contribution is -0.157. The van der Waals surface area contributed by atoms with Crippen molar-refractivity contribution in [1.29, 1.82) is 0 Å². The largest absolute Gasteiger partial charge is 0.406 e. The number of carbonyl (C=O) groups is 2. The first kappa shape index (κ1) is 17.1. The van der Waals surface area contributed by atoms with Crippen LogP contribution in [0.25, 0.3) is 0 Å². The molecule has 0 aliphatic carbocycles. The Hall–Kier alpha value is -2.25. The van der Waals surface area contributed by atoms with Crippen LogP contribution in [0.2, 0.25) is 0 Å². The number of nitrogens with zero attached hydrogens (tertiary/aromatic N) is 1. The molecule has 126 valence electrons. The van der Waals surface area contributed by atoms with Gasteiger partial charge in [-0.3, -0.25) is 9.59 Å². The molecule has 8 heteroatoms. The molecule has 2 rings (SSSR count). The van der Waals surface area contributed by atoms with Crippen LogP contribution in [0, 0.1) is 0 Å². The summed E-state index contributed by atoms with van der Waals surface area (Å²) in [4.78, 5) is 24.0. The Morgan fingerprint density at radius 3 is 2.43 bits per heavy atom. The Balaban J connectivity index is 1.92. The quantitative estimate of drug-likeness (QED) is 0.873. The SMILES string of the molecule is CCC(=O)Nc1ccc(N[C@@H]2CCN(CC(F)(F)F)C2=O)cc1. The molecule has 0 radical (unpaired) electrons. The minimum Gasteiger partial charge on any atom is -0.374 e. The number of likely N-dealkylation sites (tertiary alicyclic amines) is 1.